The van der Waals surface area contributed by atoms with Gasteiger partial charge in [-0.15, -0.1) is 0 Å². The van der Waals surface area contributed by atoms with E-state index in [1.54, 1.807) is 42.3 Å². The molecule has 0 saturated carbocycles. The third-order valence-electron chi connectivity index (χ3n) is 6.75. The summed E-state index contributed by atoms with van der Waals surface area (Å²) in [6.07, 6.45) is 0.182. The molecule has 2 aromatic carbocycles. The molecule has 13 heteroatoms. The fraction of sp³-hybridized carbons (Fsp3) is 0.333. The van der Waals surface area contributed by atoms with Crippen LogP contribution in [-0.4, -0.2) is 64.9 Å². The number of sulfonamides is 1. The molecule has 0 spiro atoms. The lowest BCUT2D eigenvalue weighted by Crippen LogP contribution is -2.42. The fourth-order valence-electron chi connectivity index (χ4n) is 4.77. The number of amides is 1. The lowest BCUT2D eigenvalue weighted by atomic mass is 10.1. The molecule has 5 rings (SSSR count). The number of halogens is 2. The molecule has 4 aromatic rings. The Hall–Kier alpha value is -3.55. The summed E-state index contributed by atoms with van der Waals surface area (Å²) in [6.45, 7) is 2.01. The van der Waals surface area contributed by atoms with E-state index in [0.717, 1.165) is 15.9 Å². The summed E-state index contributed by atoms with van der Waals surface area (Å²) < 4.78 is 58.2. The number of benzene rings is 2. The van der Waals surface area contributed by atoms with Crippen LogP contribution in [-0.2, 0) is 16.4 Å². The average Bonchev–Trinajstić information content (AvgIpc) is 3.28. The van der Waals surface area contributed by atoms with Gasteiger partial charge in [0.1, 0.15) is 0 Å². The molecule has 2 N–H and O–H groups in total. The number of nitrogens with one attached hydrogen (secondary N) is 2. The monoisotopic (exact) mass is 586 g/mol. The van der Waals surface area contributed by atoms with Gasteiger partial charge in [0, 0.05) is 23.2 Å². The minimum atomic E-state index is -3.74. The van der Waals surface area contributed by atoms with Gasteiger partial charge >= 0.3 is 0 Å². The smallest absolute Gasteiger partial charge is 0.258 e. The van der Waals surface area contributed by atoms with Crippen molar-refractivity contribution in [2.45, 2.75) is 37.9 Å². The highest BCUT2D eigenvalue weighted by Gasteiger charge is 2.31. The first-order chi connectivity index (χ1) is 19.2. The molecule has 9 nitrogen and oxygen atoms in total. The molecule has 0 radical (unpaired) electrons. The Morgan fingerprint density at radius 3 is 2.58 bits per heavy atom. The average molecular weight is 587 g/mol. The van der Waals surface area contributed by atoms with Gasteiger partial charge in [-0.2, -0.15) is 4.37 Å². The number of nitrogens with zero attached hydrogens (tertiary/aromatic N) is 4. The maximum atomic E-state index is 13.3. The summed E-state index contributed by atoms with van der Waals surface area (Å²) in [5.41, 5.74) is 4.02. The van der Waals surface area contributed by atoms with Crippen LogP contribution in [0, 0.1) is 6.92 Å². The molecule has 210 valence electrons. The summed E-state index contributed by atoms with van der Waals surface area (Å²) in [7, 11) is -3.74. The Morgan fingerprint density at radius 1 is 1.10 bits per heavy atom. The van der Waals surface area contributed by atoms with Gasteiger partial charge < -0.3 is 5.32 Å². The Kier molecular flexibility index (Phi) is 8.33. The second kappa shape index (κ2) is 11.9. The van der Waals surface area contributed by atoms with Crippen molar-refractivity contribution in [2.75, 3.05) is 29.7 Å². The van der Waals surface area contributed by atoms with Crippen LogP contribution in [0.5, 0.6) is 0 Å². The van der Waals surface area contributed by atoms with Gasteiger partial charge in [0.2, 0.25) is 10.0 Å². The second-order valence-corrected chi connectivity index (χ2v) is 12.5. The van der Waals surface area contributed by atoms with Crippen molar-refractivity contribution in [1.29, 1.82) is 0 Å². The summed E-state index contributed by atoms with van der Waals surface area (Å²) >= 11 is 1.23. The largest absolute Gasteiger partial charge is 0.322 e. The normalized spacial score (nSPS) is 15.0. The summed E-state index contributed by atoms with van der Waals surface area (Å²) in [6, 6.07) is 14.0. The Morgan fingerprint density at radius 2 is 1.82 bits per heavy atom. The van der Waals surface area contributed by atoms with Crippen molar-refractivity contribution >= 4 is 49.9 Å². The van der Waals surface area contributed by atoms with Gasteiger partial charge in [0.15, 0.2) is 0 Å². The van der Waals surface area contributed by atoms with E-state index >= 15 is 0 Å². The van der Waals surface area contributed by atoms with Gasteiger partial charge in [-0.25, -0.2) is 22.2 Å². The third kappa shape index (κ3) is 6.60. The first kappa shape index (κ1) is 28.0. The molecule has 0 atom stereocenters. The first-order valence-corrected chi connectivity index (χ1v) is 15.1. The molecular formula is C27H28F2N6O3S2. The number of aromatic nitrogens is 3. The van der Waals surface area contributed by atoms with Crippen molar-refractivity contribution in [3.05, 3.63) is 76.6 Å². The van der Waals surface area contributed by atoms with E-state index in [-0.39, 0.29) is 25.3 Å². The van der Waals surface area contributed by atoms with E-state index in [4.69, 9.17) is 0 Å². The molecule has 0 aliphatic carbocycles. The van der Waals surface area contributed by atoms with Gasteiger partial charge in [0.25, 0.3) is 12.3 Å². The van der Waals surface area contributed by atoms with Crippen LogP contribution < -0.4 is 10.0 Å². The van der Waals surface area contributed by atoms with Crippen molar-refractivity contribution in [3.63, 3.8) is 0 Å². The lowest BCUT2D eigenvalue weighted by Gasteiger charge is -2.31. The van der Waals surface area contributed by atoms with Crippen LogP contribution in [0.25, 0.3) is 11.0 Å². The van der Waals surface area contributed by atoms with Crippen molar-refractivity contribution in [1.82, 2.24) is 19.2 Å². The number of alkyl halides is 2. The maximum Gasteiger partial charge on any atom is 0.258 e. The molecule has 40 heavy (non-hydrogen) atoms. The number of rotatable bonds is 9. The number of anilines is 2. The molecular weight excluding hydrogens is 558 g/mol. The Balaban J connectivity index is 1.26. The minimum Gasteiger partial charge on any atom is -0.322 e. The molecule has 1 fully saturated rings. The van der Waals surface area contributed by atoms with E-state index in [9.17, 15) is 22.0 Å². The fourth-order valence-corrected chi connectivity index (χ4v) is 7.11. The zero-order valence-electron chi connectivity index (χ0n) is 21.7. The number of fused-ring (bicyclic) bond motifs is 1. The van der Waals surface area contributed by atoms with Crippen LogP contribution in [0.1, 0.15) is 39.5 Å². The van der Waals surface area contributed by atoms with E-state index in [1.807, 2.05) is 24.3 Å². The number of piperidine rings is 1. The summed E-state index contributed by atoms with van der Waals surface area (Å²) in [4.78, 5) is 24.7. The number of hydrogen-bond acceptors (Lipinski definition) is 8. The van der Waals surface area contributed by atoms with Gasteiger partial charge in [0.05, 0.1) is 45.5 Å². The topological polar surface area (TPSA) is 117 Å². The molecule has 3 heterocycles. The quantitative estimate of drug-likeness (QED) is 0.292. The molecule has 0 bridgehead atoms. The van der Waals surface area contributed by atoms with Crippen molar-refractivity contribution in [2.24, 2.45) is 0 Å². The first-order valence-electron chi connectivity index (χ1n) is 12.8. The van der Waals surface area contributed by atoms with Gasteiger partial charge in [-0.3, -0.25) is 19.4 Å². The zero-order valence-corrected chi connectivity index (χ0v) is 23.3. The minimum absolute atomic E-state index is 0.271. The molecule has 1 amide bonds. The number of carbonyl (C=O) groups is 1. The van der Waals surface area contributed by atoms with E-state index in [1.165, 1.54) is 11.5 Å². The number of para-hydroxylation sites is 2. The predicted molar refractivity (Wildman–Crippen MR) is 152 cm³/mol. The van der Waals surface area contributed by atoms with Crippen molar-refractivity contribution in [3.8, 4) is 0 Å². The van der Waals surface area contributed by atoms with Crippen LogP contribution in [0.3, 0.4) is 0 Å². The highest BCUT2D eigenvalue weighted by molar-refractivity contribution is 7.93. The highest BCUT2D eigenvalue weighted by Crippen LogP contribution is 2.26. The maximum absolute atomic E-state index is 13.3. The molecule has 2 aromatic heterocycles. The number of carbonyl (C=O) groups excluding carboxylic acids is 1. The number of likely N-dealkylation sites (tertiary alicyclic amines) is 1. The Bertz CT molecular complexity index is 1620. The summed E-state index contributed by atoms with van der Waals surface area (Å²) in [5, 5.41) is 2.17. The van der Waals surface area contributed by atoms with Crippen LogP contribution in [0.15, 0.2) is 54.7 Å². The number of aryl methyl sites for hydroxylation is 1. The SMILES string of the molecule is Cc1nsc(Cc2cnc3ccccc3n2)c1C(=O)Nc1cccc(NS(=O)(=O)C2CCN(CC(F)F)CC2)c1. The molecule has 1 aliphatic rings. The third-order valence-corrected chi connectivity index (χ3v) is 9.55. The zero-order chi connectivity index (χ0) is 28.3. The lowest BCUT2D eigenvalue weighted by molar-refractivity contribution is 0.0793. The summed E-state index contributed by atoms with van der Waals surface area (Å²) in [5.74, 6) is -0.360. The standard InChI is InChI=1S/C27H28F2N6O3S2/c1-17-26(24(39-33-17)14-20-15-30-22-7-2-3-8-23(22)31-20)27(36)32-18-5-4-6-19(13-18)34-40(37,38)21-9-11-35(12-10-21)16-25(28)29/h2-8,13,15,21,25,34H,9-12,14,16H2,1H3,(H,32,36). The van der Waals surface area contributed by atoms with Crippen LogP contribution in [0.2, 0.25) is 0 Å². The molecule has 1 saturated heterocycles. The predicted octanol–water partition coefficient (Wildman–Crippen LogP) is 4.71. The van der Waals surface area contributed by atoms with Crippen LogP contribution >= 0.6 is 11.5 Å². The molecule has 1 aliphatic heterocycles. The van der Waals surface area contributed by atoms with Gasteiger partial charge in [-0.1, -0.05) is 18.2 Å². The van der Waals surface area contributed by atoms with Gasteiger partial charge in [-0.05, 0) is 74.7 Å². The number of hydrogen-bond donors (Lipinski definition) is 2. The molecule has 0 unspecified atom stereocenters. The highest BCUT2D eigenvalue weighted by atomic mass is 32.2. The van der Waals surface area contributed by atoms with E-state index < -0.39 is 21.7 Å². The Labute approximate surface area is 234 Å². The second-order valence-electron chi connectivity index (χ2n) is 9.67. The van der Waals surface area contributed by atoms with Crippen LogP contribution in [0.4, 0.5) is 20.2 Å². The van der Waals surface area contributed by atoms with Crippen molar-refractivity contribution < 1.29 is 22.0 Å². The van der Waals surface area contributed by atoms with E-state index in [2.05, 4.69) is 24.4 Å². The van der Waals surface area contributed by atoms with E-state index in [0.29, 0.717) is 47.8 Å².